The van der Waals surface area contributed by atoms with Crippen LogP contribution in [0.1, 0.15) is 66.8 Å². The standard InChI is InChI=1S/C30H29F2N5O4/c1-15-6-9-22-20(10-15)30(26(38)37(22)28(39)41-29(3,4)5)12-21(30)17-7-8-19-18(11-17)13-34-24(19)36-25-23(40-27(31)32)14-33-16(2)35-25/h6-11,14,21,27H,12-13H2,1-5H3,(H,33,34,35,36)/t21-,30-/m0/s1. The van der Waals surface area contributed by atoms with Gasteiger partial charge in [0.1, 0.15) is 17.3 Å². The maximum Gasteiger partial charge on any atom is 0.421 e. The van der Waals surface area contributed by atoms with Crippen molar-refractivity contribution in [3.63, 3.8) is 0 Å². The summed E-state index contributed by atoms with van der Waals surface area (Å²) in [5.41, 5.74) is 3.50. The first kappa shape index (κ1) is 26.8. The Hall–Kier alpha value is -4.41. The summed E-state index contributed by atoms with van der Waals surface area (Å²) in [6.45, 7) is 6.26. The number of fused-ring (bicyclic) bond motifs is 3. The van der Waals surface area contributed by atoms with Crippen molar-refractivity contribution in [2.45, 2.75) is 71.1 Å². The summed E-state index contributed by atoms with van der Waals surface area (Å²) in [5.74, 6) is 0.382. The van der Waals surface area contributed by atoms with Gasteiger partial charge in [0, 0.05) is 11.5 Å². The summed E-state index contributed by atoms with van der Waals surface area (Å²) in [6, 6.07) is 11.6. The molecule has 2 amide bonds. The molecule has 0 unspecified atom stereocenters. The molecule has 1 aliphatic carbocycles. The maximum atomic E-state index is 13.9. The van der Waals surface area contributed by atoms with Crippen LogP contribution in [0.4, 0.5) is 25.1 Å². The maximum absolute atomic E-state index is 13.9. The average molecular weight is 562 g/mol. The fourth-order valence-corrected chi connectivity index (χ4v) is 5.71. The molecule has 2 aliphatic heterocycles. The monoisotopic (exact) mass is 561 g/mol. The predicted octanol–water partition coefficient (Wildman–Crippen LogP) is 5.77. The number of aliphatic imine (C=N–C) groups is 1. The number of nitrogens with zero attached hydrogens (tertiary/aromatic N) is 4. The number of nitrogens with one attached hydrogen (secondary N) is 1. The SMILES string of the molecule is Cc1ccc2c(c1)[C@]1(C[C@H]1c1ccc3c(c1)CN=C3Nc1nc(C)ncc1OC(F)F)C(=O)N2C(=O)OC(C)(C)C. The third-order valence-corrected chi connectivity index (χ3v) is 7.52. The van der Waals surface area contributed by atoms with Crippen molar-refractivity contribution >= 4 is 29.3 Å². The molecule has 1 spiro atoms. The Morgan fingerprint density at radius 1 is 1.17 bits per heavy atom. The minimum absolute atomic E-state index is 0.0976. The van der Waals surface area contributed by atoms with E-state index < -0.39 is 23.7 Å². The zero-order valence-electron chi connectivity index (χ0n) is 23.3. The van der Waals surface area contributed by atoms with E-state index in [4.69, 9.17) is 4.74 Å². The summed E-state index contributed by atoms with van der Waals surface area (Å²) in [7, 11) is 0. The van der Waals surface area contributed by atoms with Crippen LogP contribution in [0.15, 0.2) is 47.6 Å². The van der Waals surface area contributed by atoms with Gasteiger partial charge in [-0.2, -0.15) is 8.78 Å². The van der Waals surface area contributed by atoms with Gasteiger partial charge in [0.15, 0.2) is 11.6 Å². The number of rotatable bonds is 4. The van der Waals surface area contributed by atoms with Crippen molar-refractivity contribution in [2.75, 3.05) is 10.2 Å². The topological polar surface area (TPSA) is 106 Å². The highest BCUT2D eigenvalue weighted by Crippen LogP contribution is 2.66. The summed E-state index contributed by atoms with van der Waals surface area (Å²) in [4.78, 5) is 40.9. The number of benzene rings is 2. The number of ether oxygens (including phenoxy) is 2. The molecule has 3 aromatic rings. The van der Waals surface area contributed by atoms with Gasteiger partial charge in [-0.25, -0.2) is 19.7 Å². The Morgan fingerprint density at radius 2 is 1.95 bits per heavy atom. The van der Waals surface area contributed by atoms with E-state index in [0.29, 0.717) is 30.3 Å². The van der Waals surface area contributed by atoms with Crippen LogP contribution >= 0.6 is 0 Å². The van der Waals surface area contributed by atoms with Crippen molar-refractivity contribution in [3.8, 4) is 5.75 Å². The van der Waals surface area contributed by atoms with E-state index in [0.717, 1.165) is 27.8 Å². The first-order chi connectivity index (χ1) is 19.4. The number of alkyl halides is 2. The van der Waals surface area contributed by atoms with Crippen LogP contribution in [0.25, 0.3) is 0 Å². The number of halogens is 2. The second-order valence-corrected chi connectivity index (χ2v) is 11.6. The number of hydrogen-bond donors (Lipinski definition) is 1. The predicted molar refractivity (Wildman–Crippen MR) is 148 cm³/mol. The number of hydrogen-bond acceptors (Lipinski definition) is 8. The van der Waals surface area contributed by atoms with E-state index in [1.165, 1.54) is 11.1 Å². The van der Waals surface area contributed by atoms with Gasteiger partial charge >= 0.3 is 12.7 Å². The number of imide groups is 1. The van der Waals surface area contributed by atoms with Crippen LogP contribution in [0.3, 0.4) is 0 Å². The summed E-state index contributed by atoms with van der Waals surface area (Å²) in [6.07, 6.45) is 1.09. The first-order valence-corrected chi connectivity index (χ1v) is 13.3. The van der Waals surface area contributed by atoms with Gasteiger partial charge < -0.3 is 14.8 Å². The molecule has 0 bridgehead atoms. The minimum Gasteiger partial charge on any atom is -0.443 e. The molecule has 3 heterocycles. The Bertz CT molecular complexity index is 1630. The van der Waals surface area contributed by atoms with Gasteiger partial charge in [0.25, 0.3) is 0 Å². The largest absolute Gasteiger partial charge is 0.443 e. The summed E-state index contributed by atoms with van der Waals surface area (Å²) in [5, 5.41) is 3.02. The van der Waals surface area contributed by atoms with Crippen molar-refractivity contribution in [1.82, 2.24) is 9.97 Å². The molecule has 1 fully saturated rings. The van der Waals surface area contributed by atoms with Crippen LogP contribution in [-0.4, -0.2) is 40.0 Å². The lowest BCUT2D eigenvalue weighted by molar-refractivity contribution is -0.120. The van der Waals surface area contributed by atoms with Gasteiger partial charge in [-0.15, -0.1) is 0 Å². The first-order valence-electron chi connectivity index (χ1n) is 13.3. The molecule has 0 radical (unpaired) electrons. The van der Waals surface area contributed by atoms with E-state index in [9.17, 15) is 18.4 Å². The van der Waals surface area contributed by atoms with Crippen LogP contribution in [0, 0.1) is 13.8 Å². The molecule has 1 aromatic heterocycles. The van der Waals surface area contributed by atoms with E-state index in [1.807, 2.05) is 43.3 Å². The highest BCUT2D eigenvalue weighted by Gasteiger charge is 2.68. The van der Waals surface area contributed by atoms with Gasteiger partial charge in [-0.1, -0.05) is 35.9 Å². The van der Waals surface area contributed by atoms with Gasteiger partial charge in [-0.3, -0.25) is 9.79 Å². The highest BCUT2D eigenvalue weighted by atomic mass is 19.3. The molecule has 9 nitrogen and oxygen atoms in total. The zero-order valence-corrected chi connectivity index (χ0v) is 23.3. The van der Waals surface area contributed by atoms with E-state index in [-0.39, 0.29) is 23.4 Å². The molecular weight excluding hydrogens is 532 g/mol. The third kappa shape index (κ3) is 4.58. The number of aromatic nitrogens is 2. The smallest absolute Gasteiger partial charge is 0.421 e. The van der Waals surface area contributed by atoms with E-state index in [2.05, 4.69) is 25.0 Å². The molecule has 41 heavy (non-hydrogen) atoms. The number of carbonyl (C=O) groups is 2. The van der Waals surface area contributed by atoms with E-state index >= 15 is 0 Å². The number of anilines is 2. The Morgan fingerprint density at radius 3 is 2.68 bits per heavy atom. The highest BCUT2D eigenvalue weighted by molar-refractivity contribution is 6.23. The molecule has 1 N–H and O–H groups in total. The van der Waals surface area contributed by atoms with Crippen molar-refractivity contribution in [2.24, 2.45) is 4.99 Å². The molecule has 11 heteroatoms. The van der Waals surface area contributed by atoms with E-state index in [1.54, 1.807) is 27.7 Å². The third-order valence-electron chi connectivity index (χ3n) is 7.52. The second-order valence-electron chi connectivity index (χ2n) is 11.6. The quantitative estimate of drug-likeness (QED) is 0.431. The molecule has 212 valence electrons. The number of amides is 2. The molecular formula is C30H29F2N5O4. The lowest BCUT2D eigenvalue weighted by atomic mass is 9.90. The Labute approximate surface area is 235 Å². The average Bonchev–Trinajstić information content (AvgIpc) is 3.45. The molecule has 2 aromatic carbocycles. The molecule has 1 saturated carbocycles. The number of carbonyl (C=O) groups excluding carboxylic acids is 2. The molecule has 0 saturated heterocycles. The van der Waals surface area contributed by atoms with Crippen molar-refractivity contribution < 1.29 is 27.8 Å². The molecule has 2 atom stereocenters. The van der Waals surface area contributed by atoms with Gasteiger partial charge in [-0.05, 0) is 63.8 Å². The van der Waals surface area contributed by atoms with Crippen molar-refractivity contribution in [1.29, 1.82) is 0 Å². The van der Waals surface area contributed by atoms with Crippen molar-refractivity contribution in [3.05, 3.63) is 76.2 Å². The summed E-state index contributed by atoms with van der Waals surface area (Å²) < 4.78 is 35.9. The van der Waals surface area contributed by atoms with Crippen LogP contribution < -0.4 is 15.0 Å². The molecule has 6 rings (SSSR count). The number of aryl methyl sites for hydroxylation is 2. The second kappa shape index (κ2) is 9.32. The van der Waals surface area contributed by atoms with Crippen LogP contribution in [0.2, 0.25) is 0 Å². The fourth-order valence-electron chi connectivity index (χ4n) is 5.71. The Kier molecular flexibility index (Phi) is 6.09. The Balaban J connectivity index is 1.28. The summed E-state index contributed by atoms with van der Waals surface area (Å²) >= 11 is 0. The molecule has 3 aliphatic rings. The lowest BCUT2D eigenvalue weighted by Gasteiger charge is -2.24. The number of amidine groups is 1. The van der Waals surface area contributed by atoms with Gasteiger partial charge in [0.2, 0.25) is 5.91 Å². The van der Waals surface area contributed by atoms with Gasteiger partial charge in [0.05, 0.1) is 23.8 Å². The lowest BCUT2D eigenvalue weighted by Crippen LogP contribution is -2.41. The minimum atomic E-state index is -3.02. The normalized spacial score (nSPS) is 20.7. The fraction of sp³-hybridized carbons (Fsp3) is 0.367. The zero-order chi connectivity index (χ0) is 29.3. The van der Waals surface area contributed by atoms with Crippen LogP contribution in [-0.2, 0) is 21.5 Å². The van der Waals surface area contributed by atoms with Crippen LogP contribution in [0.5, 0.6) is 5.75 Å².